The number of rotatable bonds is 6. The van der Waals surface area contributed by atoms with Crippen molar-refractivity contribution >= 4 is 17.5 Å². The summed E-state index contributed by atoms with van der Waals surface area (Å²) in [7, 11) is 0. The van der Waals surface area contributed by atoms with Crippen LogP contribution in [0.25, 0.3) is 16.8 Å². The predicted octanol–water partition coefficient (Wildman–Crippen LogP) is 3.42. The van der Waals surface area contributed by atoms with Gasteiger partial charge in [-0.25, -0.2) is 13.3 Å². The van der Waals surface area contributed by atoms with Crippen molar-refractivity contribution in [3.63, 3.8) is 0 Å². The number of nitrogen functional groups attached to an aromatic ring is 1. The number of carbonyl (C=O) groups is 1. The number of aryl methyl sites for hydroxylation is 1. The average molecular weight is 437 g/mol. The van der Waals surface area contributed by atoms with Gasteiger partial charge in [0.1, 0.15) is 11.6 Å². The SMILES string of the molecule is Cc1ccc(-c2ccn3nc(N)nc3c2)c(F)c1C(=O)NCC[C@@H](O)c1ccc(F)cc1. The summed E-state index contributed by atoms with van der Waals surface area (Å²) in [4.78, 5) is 16.8. The maximum absolute atomic E-state index is 15.4. The van der Waals surface area contributed by atoms with Crippen LogP contribution >= 0.6 is 0 Å². The number of nitrogens with one attached hydrogen (secondary N) is 1. The summed E-state index contributed by atoms with van der Waals surface area (Å²) in [5.41, 5.74) is 7.78. The Balaban J connectivity index is 1.51. The number of carbonyl (C=O) groups excluding carboxylic acids is 1. The summed E-state index contributed by atoms with van der Waals surface area (Å²) >= 11 is 0. The molecule has 0 unspecified atom stereocenters. The van der Waals surface area contributed by atoms with Gasteiger partial charge in [0, 0.05) is 18.3 Å². The highest BCUT2D eigenvalue weighted by atomic mass is 19.1. The summed E-state index contributed by atoms with van der Waals surface area (Å²) in [6, 6.07) is 12.0. The highest BCUT2D eigenvalue weighted by Crippen LogP contribution is 2.28. The molecule has 4 aromatic rings. The zero-order valence-electron chi connectivity index (χ0n) is 17.2. The number of aromatic nitrogens is 3. The van der Waals surface area contributed by atoms with Crippen LogP contribution in [0.5, 0.6) is 0 Å². The van der Waals surface area contributed by atoms with Crippen LogP contribution in [-0.4, -0.2) is 32.2 Å². The van der Waals surface area contributed by atoms with Gasteiger partial charge in [-0.3, -0.25) is 4.79 Å². The zero-order valence-corrected chi connectivity index (χ0v) is 17.2. The monoisotopic (exact) mass is 437 g/mol. The average Bonchev–Trinajstić information content (AvgIpc) is 3.13. The molecule has 0 saturated carbocycles. The smallest absolute Gasteiger partial charge is 0.254 e. The minimum atomic E-state index is -0.879. The normalized spacial score (nSPS) is 12.1. The molecule has 0 saturated heterocycles. The molecule has 2 aromatic carbocycles. The predicted molar refractivity (Wildman–Crippen MR) is 116 cm³/mol. The highest BCUT2D eigenvalue weighted by molar-refractivity contribution is 5.97. The van der Waals surface area contributed by atoms with Gasteiger partial charge in [-0.05, 0) is 54.3 Å². The molecule has 1 atom stereocenters. The van der Waals surface area contributed by atoms with E-state index in [1.807, 2.05) is 0 Å². The van der Waals surface area contributed by atoms with Crippen LogP contribution in [0.4, 0.5) is 14.7 Å². The molecule has 0 spiro atoms. The van der Waals surface area contributed by atoms with E-state index in [4.69, 9.17) is 5.73 Å². The van der Waals surface area contributed by atoms with Gasteiger partial charge in [0.05, 0.1) is 11.7 Å². The van der Waals surface area contributed by atoms with Gasteiger partial charge < -0.3 is 16.2 Å². The Labute approximate surface area is 182 Å². The maximum Gasteiger partial charge on any atom is 0.254 e. The number of pyridine rings is 1. The van der Waals surface area contributed by atoms with Gasteiger partial charge in [-0.1, -0.05) is 24.3 Å². The molecule has 0 radical (unpaired) electrons. The second-order valence-electron chi connectivity index (χ2n) is 7.42. The minimum Gasteiger partial charge on any atom is -0.388 e. The number of hydrogen-bond donors (Lipinski definition) is 3. The molecule has 2 heterocycles. The number of nitrogens with two attached hydrogens (primary N) is 1. The Bertz CT molecular complexity index is 1290. The molecule has 0 aliphatic heterocycles. The van der Waals surface area contributed by atoms with Crippen LogP contribution < -0.4 is 11.1 Å². The second kappa shape index (κ2) is 8.72. The van der Waals surface area contributed by atoms with E-state index in [2.05, 4.69) is 15.4 Å². The van der Waals surface area contributed by atoms with Gasteiger partial charge >= 0.3 is 0 Å². The molecule has 0 bridgehead atoms. The molecule has 2 aromatic heterocycles. The van der Waals surface area contributed by atoms with E-state index in [1.165, 1.54) is 28.8 Å². The summed E-state index contributed by atoms with van der Waals surface area (Å²) in [5.74, 6) is -1.53. The molecule has 9 heteroatoms. The van der Waals surface area contributed by atoms with Gasteiger partial charge in [0.2, 0.25) is 5.95 Å². The fourth-order valence-electron chi connectivity index (χ4n) is 3.50. The van der Waals surface area contributed by atoms with Crippen molar-refractivity contribution in [1.29, 1.82) is 0 Å². The number of fused-ring (bicyclic) bond motifs is 1. The third-order valence-electron chi connectivity index (χ3n) is 5.20. The fourth-order valence-corrected chi connectivity index (χ4v) is 3.50. The zero-order chi connectivity index (χ0) is 22.8. The van der Waals surface area contributed by atoms with Crippen molar-refractivity contribution in [3.05, 3.63) is 83.1 Å². The summed E-state index contributed by atoms with van der Waals surface area (Å²) in [5, 5.41) is 16.9. The molecule has 0 fully saturated rings. The third kappa shape index (κ3) is 4.28. The van der Waals surface area contributed by atoms with Crippen LogP contribution in [-0.2, 0) is 0 Å². The lowest BCUT2D eigenvalue weighted by Gasteiger charge is -2.14. The lowest BCUT2D eigenvalue weighted by Crippen LogP contribution is -2.27. The van der Waals surface area contributed by atoms with Crippen LogP contribution in [0.1, 0.15) is 34.0 Å². The Kier molecular flexibility index (Phi) is 5.83. The van der Waals surface area contributed by atoms with Crippen molar-refractivity contribution in [2.24, 2.45) is 0 Å². The maximum atomic E-state index is 15.4. The number of benzene rings is 2. The molecule has 0 aliphatic carbocycles. The lowest BCUT2D eigenvalue weighted by atomic mass is 9.98. The van der Waals surface area contributed by atoms with Crippen molar-refractivity contribution < 1.29 is 18.7 Å². The molecule has 4 N–H and O–H groups in total. The summed E-state index contributed by atoms with van der Waals surface area (Å²) in [6.07, 6.45) is 0.933. The van der Waals surface area contributed by atoms with Crippen LogP contribution in [0.15, 0.2) is 54.7 Å². The molecular weight excluding hydrogens is 416 g/mol. The Morgan fingerprint density at radius 1 is 1.19 bits per heavy atom. The Hall–Kier alpha value is -3.85. The fraction of sp³-hybridized carbons (Fsp3) is 0.174. The molecule has 32 heavy (non-hydrogen) atoms. The molecule has 7 nitrogen and oxygen atoms in total. The molecule has 164 valence electrons. The Morgan fingerprint density at radius 3 is 2.69 bits per heavy atom. The number of anilines is 1. The molecule has 1 amide bonds. The first-order valence-electron chi connectivity index (χ1n) is 9.96. The van der Waals surface area contributed by atoms with Crippen molar-refractivity contribution in [2.45, 2.75) is 19.4 Å². The minimum absolute atomic E-state index is 0.0698. The topological polar surface area (TPSA) is 106 Å². The van der Waals surface area contributed by atoms with E-state index in [0.29, 0.717) is 22.3 Å². The summed E-state index contributed by atoms with van der Waals surface area (Å²) < 4.78 is 29.8. The van der Waals surface area contributed by atoms with E-state index in [9.17, 15) is 14.3 Å². The van der Waals surface area contributed by atoms with E-state index >= 15 is 4.39 Å². The number of nitrogens with zero attached hydrogens (tertiary/aromatic N) is 3. The molecule has 4 rings (SSSR count). The van der Waals surface area contributed by atoms with Crippen molar-refractivity contribution in [3.8, 4) is 11.1 Å². The third-order valence-corrected chi connectivity index (χ3v) is 5.20. The highest BCUT2D eigenvalue weighted by Gasteiger charge is 2.20. The molecular formula is C23H21F2N5O2. The van der Waals surface area contributed by atoms with E-state index in [0.717, 1.165) is 0 Å². The number of amides is 1. The largest absolute Gasteiger partial charge is 0.388 e. The van der Waals surface area contributed by atoms with E-state index in [1.54, 1.807) is 37.4 Å². The molecule has 0 aliphatic rings. The quantitative estimate of drug-likeness (QED) is 0.429. The van der Waals surface area contributed by atoms with Gasteiger partial charge in [0.15, 0.2) is 5.65 Å². The lowest BCUT2D eigenvalue weighted by molar-refractivity contribution is 0.0938. The van der Waals surface area contributed by atoms with Gasteiger partial charge in [0.25, 0.3) is 5.91 Å². The Morgan fingerprint density at radius 2 is 1.94 bits per heavy atom. The first kappa shape index (κ1) is 21.4. The second-order valence-corrected chi connectivity index (χ2v) is 7.42. The number of halogens is 2. The van der Waals surface area contributed by atoms with E-state index < -0.39 is 23.6 Å². The summed E-state index contributed by atoms with van der Waals surface area (Å²) in [6.45, 7) is 1.77. The van der Waals surface area contributed by atoms with Crippen LogP contribution in [0, 0.1) is 18.6 Å². The van der Waals surface area contributed by atoms with Crippen molar-refractivity contribution in [1.82, 2.24) is 19.9 Å². The number of aliphatic hydroxyl groups excluding tert-OH is 1. The standard InChI is InChI=1S/C23H21F2N5O2/c1-13-2-7-17(15-9-11-30-19(12-15)28-23(26)29-30)21(25)20(13)22(32)27-10-8-18(31)14-3-5-16(24)6-4-14/h2-7,9,11-12,18,31H,8,10H2,1H3,(H2,26,29)(H,27,32)/t18-/m1/s1. The first-order chi connectivity index (χ1) is 15.3. The number of aliphatic hydroxyl groups is 1. The van der Waals surface area contributed by atoms with Gasteiger partial charge in [-0.2, -0.15) is 4.98 Å². The van der Waals surface area contributed by atoms with Gasteiger partial charge in [-0.15, -0.1) is 5.10 Å². The van der Waals surface area contributed by atoms with Crippen LogP contribution in [0.3, 0.4) is 0 Å². The van der Waals surface area contributed by atoms with Crippen molar-refractivity contribution in [2.75, 3.05) is 12.3 Å². The van der Waals surface area contributed by atoms with E-state index in [-0.39, 0.29) is 30.0 Å². The number of hydrogen-bond acceptors (Lipinski definition) is 5. The first-order valence-corrected chi connectivity index (χ1v) is 9.96. The van der Waals surface area contributed by atoms with Crippen LogP contribution in [0.2, 0.25) is 0 Å².